The van der Waals surface area contributed by atoms with Gasteiger partial charge < -0.3 is 5.11 Å². The Bertz CT molecular complexity index is 1370. The van der Waals surface area contributed by atoms with E-state index < -0.39 is 28.1 Å². The van der Waals surface area contributed by atoms with Gasteiger partial charge in [-0.05, 0) is 55.7 Å². The van der Waals surface area contributed by atoms with Crippen LogP contribution in [-0.4, -0.2) is 23.8 Å². The Labute approximate surface area is 209 Å². The van der Waals surface area contributed by atoms with E-state index in [1.54, 1.807) is 60.7 Å². The Hall–Kier alpha value is -2.64. The number of halogens is 2. The van der Waals surface area contributed by atoms with Crippen molar-refractivity contribution >= 4 is 39.2 Å². The molecule has 0 radical (unpaired) electrons. The lowest BCUT2D eigenvalue weighted by molar-refractivity contribution is -0.133. The summed E-state index contributed by atoms with van der Waals surface area (Å²) in [5, 5.41) is 10.7. The van der Waals surface area contributed by atoms with E-state index in [1.165, 1.54) is 4.31 Å². The molecular formula is C26H23Cl2NO4S. The minimum absolute atomic E-state index is 0.0100. The summed E-state index contributed by atoms with van der Waals surface area (Å²) in [5.41, 5.74) is 3.10. The third kappa shape index (κ3) is 4.64. The molecule has 8 heteroatoms. The highest BCUT2D eigenvalue weighted by atomic mass is 35.5. The molecule has 0 aromatic heterocycles. The van der Waals surface area contributed by atoms with Crippen LogP contribution in [0.4, 0.5) is 0 Å². The van der Waals surface area contributed by atoms with Gasteiger partial charge >= 0.3 is 5.97 Å². The number of aryl methyl sites for hydroxylation is 2. The van der Waals surface area contributed by atoms with Crippen molar-refractivity contribution < 1.29 is 18.3 Å². The lowest BCUT2D eigenvalue weighted by Gasteiger charge is -2.40. The fraction of sp³-hybridized carbons (Fsp3) is 0.192. The van der Waals surface area contributed by atoms with Crippen molar-refractivity contribution in [1.29, 1.82) is 0 Å². The highest BCUT2D eigenvalue weighted by Crippen LogP contribution is 2.46. The molecule has 1 unspecified atom stereocenters. The molecule has 1 heterocycles. The van der Waals surface area contributed by atoms with Crippen LogP contribution < -0.4 is 0 Å². The van der Waals surface area contributed by atoms with E-state index in [0.717, 1.165) is 11.1 Å². The first-order chi connectivity index (χ1) is 16.1. The van der Waals surface area contributed by atoms with Gasteiger partial charge in [0.2, 0.25) is 10.0 Å². The fourth-order valence-corrected chi connectivity index (χ4v) is 6.28. The predicted molar refractivity (Wildman–Crippen MR) is 134 cm³/mol. The lowest BCUT2D eigenvalue weighted by Crippen LogP contribution is -2.42. The van der Waals surface area contributed by atoms with E-state index in [2.05, 4.69) is 0 Å². The molecule has 4 rings (SSSR count). The monoisotopic (exact) mass is 515 g/mol. The molecule has 1 aliphatic rings. The quantitative estimate of drug-likeness (QED) is 0.420. The third-order valence-electron chi connectivity index (χ3n) is 5.98. The predicted octanol–water partition coefficient (Wildman–Crippen LogP) is 6.50. The second kappa shape index (κ2) is 9.55. The van der Waals surface area contributed by atoms with Crippen LogP contribution in [0.5, 0.6) is 0 Å². The molecule has 0 aliphatic carbocycles. The van der Waals surface area contributed by atoms with Crippen LogP contribution >= 0.6 is 23.2 Å². The second-order valence-electron chi connectivity index (χ2n) is 8.35. The van der Waals surface area contributed by atoms with Crippen molar-refractivity contribution in [3.05, 3.63) is 111 Å². The standard InChI is InChI=1S/C26H23Cl2NO4S/c1-16-3-7-18(8-4-16)25-21(26(30)31)12-14-24(19-9-13-22(27)23(28)15-19)29(25)34(32,33)20-10-5-17(2)6-11-20/h3-13,15,24-25H,14H2,1-2H3,(H,30,31)/t24?,25-/m0/s1. The zero-order chi connectivity index (χ0) is 24.6. The van der Waals surface area contributed by atoms with Crippen molar-refractivity contribution in [3.63, 3.8) is 0 Å². The van der Waals surface area contributed by atoms with Gasteiger partial charge in [-0.25, -0.2) is 13.2 Å². The summed E-state index contributed by atoms with van der Waals surface area (Å²) >= 11 is 12.4. The molecule has 0 saturated carbocycles. The summed E-state index contributed by atoms with van der Waals surface area (Å²) in [7, 11) is -4.12. The van der Waals surface area contributed by atoms with E-state index in [1.807, 2.05) is 26.0 Å². The Morgan fingerprint density at radius 3 is 2.00 bits per heavy atom. The van der Waals surface area contributed by atoms with Gasteiger partial charge in [0, 0.05) is 0 Å². The number of carboxylic acids is 1. The van der Waals surface area contributed by atoms with Crippen molar-refractivity contribution in [1.82, 2.24) is 4.31 Å². The maximum absolute atomic E-state index is 14.1. The number of hydrogen-bond donors (Lipinski definition) is 1. The first kappa shape index (κ1) is 24.5. The molecule has 0 fully saturated rings. The van der Waals surface area contributed by atoms with E-state index in [0.29, 0.717) is 21.2 Å². The van der Waals surface area contributed by atoms with Crippen molar-refractivity contribution in [2.24, 2.45) is 0 Å². The summed E-state index contributed by atoms with van der Waals surface area (Å²) < 4.78 is 29.5. The number of benzene rings is 3. The van der Waals surface area contributed by atoms with Crippen molar-refractivity contribution in [2.75, 3.05) is 0 Å². The second-order valence-corrected chi connectivity index (χ2v) is 11.0. The van der Waals surface area contributed by atoms with Crippen LogP contribution in [0.15, 0.2) is 83.3 Å². The summed E-state index contributed by atoms with van der Waals surface area (Å²) in [6.07, 6.45) is 1.77. The Balaban J connectivity index is 1.97. The van der Waals surface area contributed by atoms with Crippen LogP contribution in [0.2, 0.25) is 10.0 Å². The number of aliphatic carboxylic acids is 1. The molecular weight excluding hydrogens is 493 g/mol. The minimum Gasteiger partial charge on any atom is -0.478 e. The van der Waals surface area contributed by atoms with E-state index >= 15 is 0 Å². The molecule has 1 aliphatic heterocycles. The van der Waals surface area contributed by atoms with Crippen LogP contribution in [0.1, 0.15) is 40.8 Å². The smallest absolute Gasteiger partial charge is 0.333 e. The van der Waals surface area contributed by atoms with Crippen LogP contribution in [0.25, 0.3) is 0 Å². The highest BCUT2D eigenvalue weighted by molar-refractivity contribution is 7.89. The molecule has 0 bridgehead atoms. The zero-order valence-corrected chi connectivity index (χ0v) is 20.9. The highest BCUT2D eigenvalue weighted by Gasteiger charge is 2.44. The Morgan fingerprint density at radius 2 is 1.44 bits per heavy atom. The summed E-state index contributed by atoms with van der Waals surface area (Å²) in [6, 6.07) is 17.0. The molecule has 2 atom stereocenters. The lowest BCUT2D eigenvalue weighted by atomic mass is 9.89. The largest absolute Gasteiger partial charge is 0.478 e. The van der Waals surface area contributed by atoms with Gasteiger partial charge in [-0.15, -0.1) is 0 Å². The van der Waals surface area contributed by atoms with E-state index in [9.17, 15) is 18.3 Å². The molecule has 1 N–H and O–H groups in total. The molecule has 3 aromatic rings. The molecule has 0 spiro atoms. The zero-order valence-electron chi connectivity index (χ0n) is 18.6. The van der Waals surface area contributed by atoms with Gasteiger partial charge in [0.15, 0.2) is 0 Å². The van der Waals surface area contributed by atoms with E-state index in [4.69, 9.17) is 23.2 Å². The molecule has 5 nitrogen and oxygen atoms in total. The topological polar surface area (TPSA) is 74.7 Å². The number of sulfonamides is 1. The number of rotatable bonds is 5. The Morgan fingerprint density at radius 1 is 0.882 bits per heavy atom. The van der Waals surface area contributed by atoms with Gasteiger partial charge in [-0.3, -0.25) is 0 Å². The van der Waals surface area contributed by atoms with Crippen LogP contribution in [0.3, 0.4) is 0 Å². The maximum atomic E-state index is 14.1. The SMILES string of the molecule is Cc1ccc([C@H]2C(C(=O)O)=CCC(c3ccc(Cl)c(Cl)c3)N2S(=O)(=O)c2ccc(C)cc2)cc1. The number of carboxylic acid groups (broad SMARTS) is 1. The molecule has 34 heavy (non-hydrogen) atoms. The van der Waals surface area contributed by atoms with Crippen molar-refractivity contribution in [2.45, 2.75) is 37.2 Å². The number of nitrogens with zero attached hydrogens (tertiary/aromatic N) is 1. The van der Waals surface area contributed by atoms with Gasteiger partial charge in [0.1, 0.15) is 0 Å². The van der Waals surface area contributed by atoms with Crippen molar-refractivity contribution in [3.8, 4) is 0 Å². The van der Waals surface area contributed by atoms with Gasteiger partial charge in [-0.1, -0.05) is 82.9 Å². The summed E-state index contributed by atoms with van der Waals surface area (Å²) in [4.78, 5) is 12.4. The average molecular weight is 516 g/mol. The third-order valence-corrected chi connectivity index (χ3v) is 8.61. The van der Waals surface area contributed by atoms with Gasteiger partial charge in [0.25, 0.3) is 0 Å². The Kier molecular flexibility index (Phi) is 6.87. The van der Waals surface area contributed by atoms with Crippen LogP contribution in [-0.2, 0) is 14.8 Å². The first-order valence-corrected chi connectivity index (χ1v) is 12.8. The normalized spacial score (nSPS) is 19.0. The molecule has 3 aromatic carbocycles. The minimum atomic E-state index is -4.12. The summed E-state index contributed by atoms with van der Waals surface area (Å²) in [5.74, 6) is -1.16. The number of carbonyl (C=O) groups is 1. The van der Waals surface area contributed by atoms with Gasteiger partial charge in [-0.2, -0.15) is 4.31 Å². The maximum Gasteiger partial charge on any atom is 0.333 e. The number of hydrogen-bond acceptors (Lipinski definition) is 3. The van der Waals surface area contributed by atoms with Crippen LogP contribution in [0, 0.1) is 13.8 Å². The summed E-state index contributed by atoms with van der Waals surface area (Å²) in [6.45, 7) is 3.79. The van der Waals surface area contributed by atoms with Gasteiger partial charge in [0.05, 0.1) is 32.6 Å². The molecule has 0 saturated heterocycles. The molecule has 0 amide bonds. The molecule has 176 valence electrons. The fourth-order valence-electron chi connectivity index (χ4n) is 4.19. The van der Waals surface area contributed by atoms with E-state index in [-0.39, 0.29) is 16.9 Å². The first-order valence-electron chi connectivity index (χ1n) is 10.6. The average Bonchev–Trinajstić information content (AvgIpc) is 2.80.